The lowest BCUT2D eigenvalue weighted by Crippen LogP contribution is -2.19. The van der Waals surface area contributed by atoms with Gasteiger partial charge in [-0.05, 0) is 22.3 Å². The van der Waals surface area contributed by atoms with E-state index in [1.165, 1.54) is 12.1 Å². The van der Waals surface area contributed by atoms with Crippen molar-refractivity contribution in [3.8, 4) is 22.6 Å². The number of hydrogen-bond acceptors (Lipinski definition) is 5. The summed E-state index contributed by atoms with van der Waals surface area (Å²) in [7, 11) is 0. The number of carbonyl (C=O) groups excluding carboxylic acids is 1. The third kappa shape index (κ3) is 3.62. The molecule has 1 amide bonds. The van der Waals surface area contributed by atoms with Crippen LogP contribution < -0.4 is 14.8 Å². The average molecular weight is 431 g/mol. The smallest absolute Gasteiger partial charge is 0.411 e. The summed E-state index contributed by atoms with van der Waals surface area (Å²) in [6.07, 6.45) is -0.0458. The second-order valence-corrected chi connectivity index (χ2v) is 7.65. The lowest BCUT2D eigenvalue weighted by Gasteiger charge is -2.16. The van der Waals surface area contributed by atoms with Gasteiger partial charge in [-0.25, -0.2) is 9.59 Å². The van der Waals surface area contributed by atoms with Gasteiger partial charge in [0.1, 0.15) is 6.61 Å². The van der Waals surface area contributed by atoms with E-state index in [2.05, 4.69) is 17.4 Å². The van der Waals surface area contributed by atoms with Gasteiger partial charge in [0.15, 0.2) is 11.5 Å². The number of carbonyl (C=O) groups is 2. The van der Waals surface area contributed by atoms with Crippen LogP contribution in [-0.2, 0) is 4.74 Å². The fraction of sp³-hybridized carbons (Fsp3) is 0.200. The molecule has 2 N–H and O–H groups in total. The van der Waals surface area contributed by atoms with Crippen molar-refractivity contribution in [2.75, 3.05) is 25.1 Å². The molecule has 0 fully saturated rings. The third-order valence-electron chi connectivity index (χ3n) is 5.70. The number of benzene rings is 3. The maximum Gasteiger partial charge on any atom is 0.411 e. The van der Waals surface area contributed by atoms with Crippen LogP contribution in [0.1, 0.15) is 33.8 Å². The van der Waals surface area contributed by atoms with Gasteiger partial charge in [-0.2, -0.15) is 0 Å². The van der Waals surface area contributed by atoms with E-state index in [-0.39, 0.29) is 23.8 Å². The van der Waals surface area contributed by atoms with Crippen LogP contribution in [0.2, 0.25) is 0 Å². The Morgan fingerprint density at radius 2 is 1.53 bits per heavy atom. The van der Waals surface area contributed by atoms with Gasteiger partial charge in [-0.3, -0.25) is 5.32 Å². The first kappa shape index (κ1) is 19.9. The van der Waals surface area contributed by atoms with E-state index in [1.54, 1.807) is 0 Å². The number of nitrogens with one attached hydrogen (secondary N) is 1. The van der Waals surface area contributed by atoms with Gasteiger partial charge in [0.25, 0.3) is 0 Å². The van der Waals surface area contributed by atoms with Crippen molar-refractivity contribution >= 4 is 17.7 Å². The molecule has 32 heavy (non-hydrogen) atoms. The number of fused-ring (bicyclic) bond motifs is 4. The monoisotopic (exact) mass is 431 g/mol. The van der Waals surface area contributed by atoms with Crippen LogP contribution in [0.15, 0.2) is 60.7 Å². The first-order chi connectivity index (χ1) is 15.6. The Morgan fingerprint density at radius 1 is 0.938 bits per heavy atom. The Morgan fingerprint density at radius 3 is 2.16 bits per heavy atom. The summed E-state index contributed by atoms with van der Waals surface area (Å²) < 4.78 is 16.7. The van der Waals surface area contributed by atoms with Gasteiger partial charge >= 0.3 is 12.1 Å². The first-order valence-corrected chi connectivity index (χ1v) is 10.4. The van der Waals surface area contributed by atoms with Crippen LogP contribution in [0.3, 0.4) is 0 Å². The molecule has 1 aliphatic carbocycles. The predicted molar refractivity (Wildman–Crippen MR) is 118 cm³/mol. The summed E-state index contributed by atoms with van der Waals surface area (Å²) in [5.74, 6) is -0.537. The number of anilines is 1. The highest BCUT2D eigenvalue weighted by molar-refractivity contribution is 5.99. The minimum absolute atomic E-state index is 0.0872. The summed E-state index contributed by atoms with van der Waals surface area (Å²) in [5.41, 5.74) is 4.47. The highest BCUT2D eigenvalue weighted by atomic mass is 16.5. The molecular formula is C25H21NO6. The molecule has 1 aliphatic heterocycles. The van der Waals surface area contributed by atoms with Crippen molar-refractivity contribution in [2.45, 2.75) is 12.3 Å². The number of rotatable bonds is 4. The van der Waals surface area contributed by atoms with E-state index in [9.17, 15) is 14.7 Å². The molecule has 0 aromatic heterocycles. The van der Waals surface area contributed by atoms with Gasteiger partial charge in [-0.1, -0.05) is 48.5 Å². The summed E-state index contributed by atoms with van der Waals surface area (Å²) >= 11 is 0. The number of carboxylic acids is 1. The molecule has 0 atom stereocenters. The van der Waals surface area contributed by atoms with Crippen LogP contribution in [0.4, 0.5) is 10.5 Å². The zero-order valence-electron chi connectivity index (χ0n) is 17.2. The van der Waals surface area contributed by atoms with Crippen molar-refractivity contribution in [1.29, 1.82) is 0 Å². The molecule has 3 aromatic rings. The summed E-state index contributed by atoms with van der Waals surface area (Å²) in [6, 6.07) is 18.9. The number of hydrogen-bond donors (Lipinski definition) is 2. The Bertz CT molecular complexity index is 1160. The van der Waals surface area contributed by atoms with Gasteiger partial charge in [-0.15, -0.1) is 0 Å². The Balaban J connectivity index is 1.35. The van der Waals surface area contributed by atoms with Crippen LogP contribution in [0.5, 0.6) is 11.5 Å². The molecule has 0 unspecified atom stereocenters. The van der Waals surface area contributed by atoms with Crippen molar-refractivity contribution in [1.82, 2.24) is 0 Å². The summed E-state index contributed by atoms with van der Waals surface area (Å²) in [6.45, 7) is 1.02. The molecule has 3 aromatic carbocycles. The Hall–Kier alpha value is -4.00. The maximum atomic E-state index is 12.6. The van der Waals surface area contributed by atoms with Crippen molar-refractivity contribution < 1.29 is 28.9 Å². The standard InChI is InChI=1S/C25H21NO6/c27-24(28)19-12-22-23(31-11-5-10-30-22)13-21(19)26-25(29)32-14-20-17-8-3-1-6-15(17)16-7-2-4-9-18(16)20/h1-4,6-9,12-13,20H,5,10-11,14H2,(H,26,29)(H,27,28). The quantitative estimate of drug-likeness (QED) is 0.610. The SMILES string of the molecule is O=C(Nc1cc2c(cc1C(=O)O)OCCCO2)OCC1c2ccccc2-c2ccccc21. The molecule has 7 heteroatoms. The highest BCUT2D eigenvalue weighted by Crippen LogP contribution is 2.44. The Kier molecular flexibility index (Phi) is 5.15. The fourth-order valence-corrected chi connectivity index (χ4v) is 4.23. The molecule has 0 saturated carbocycles. The van der Waals surface area contributed by atoms with Crippen molar-refractivity contribution in [3.63, 3.8) is 0 Å². The second-order valence-electron chi connectivity index (χ2n) is 7.65. The van der Waals surface area contributed by atoms with E-state index in [4.69, 9.17) is 14.2 Å². The number of aromatic carboxylic acids is 1. The van der Waals surface area contributed by atoms with Crippen molar-refractivity contribution in [3.05, 3.63) is 77.4 Å². The topological polar surface area (TPSA) is 94.1 Å². The molecule has 7 nitrogen and oxygen atoms in total. The Labute approximate surface area is 184 Å². The zero-order chi connectivity index (χ0) is 22.1. The molecule has 0 saturated heterocycles. The van der Waals surface area contributed by atoms with Gasteiger partial charge < -0.3 is 19.3 Å². The van der Waals surface area contributed by atoms with E-state index in [0.717, 1.165) is 22.3 Å². The molecule has 2 aliphatic rings. The second kappa shape index (κ2) is 8.26. The summed E-state index contributed by atoms with van der Waals surface area (Å²) in [4.78, 5) is 24.3. The molecule has 0 radical (unpaired) electrons. The highest BCUT2D eigenvalue weighted by Gasteiger charge is 2.29. The minimum atomic E-state index is -1.19. The first-order valence-electron chi connectivity index (χ1n) is 10.4. The molecule has 5 rings (SSSR count). The maximum absolute atomic E-state index is 12.6. The minimum Gasteiger partial charge on any atom is -0.490 e. The van der Waals surface area contributed by atoms with Crippen LogP contribution in [0, 0.1) is 0 Å². The van der Waals surface area contributed by atoms with Crippen LogP contribution in [0.25, 0.3) is 11.1 Å². The molecule has 162 valence electrons. The third-order valence-corrected chi connectivity index (χ3v) is 5.70. The average Bonchev–Trinajstić information content (AvgIpc) is 2.93. The molecule has 1 heterocycles. The zero-order valence-corrected chi connectivity index (χ0v) is 17.2. The summed E-state index contributed by atoms with van der Waals surface area (Å²) in [5, 5.41) is 12.1. The van der Waals surface area contributed by atoms with E-state index in [0.29, 0.717) is 31.1 Å². The number of ether oxygens (including phenoxy) is 3. The van der Waals surface area contributed by atoms with Crippen molar-refractivity contribution in [2.24, 2.45) is 0 Å². The lowest BCUT2D eigenvalue weighted by molar-refractivity contribution is 0.0697. The van der Waals surface area contributed by atoms with Crippen LogP contribution in [-0.4, -0.2) is 37.0 Å². The molecular weight excluding hydrogens is 410 g/mol. The lowest BCUT2D eigenvalue weighted by atomic mass is 9.98. The molecule has 0 spiro atoms. The van der Waals surface area contributed by atoms with E-state index < -0.39 is 12.1 Å². The molecule has 0 bridgehead atoms. The van der Waals surface area contributed by atoms with Crippen LogP contribution >= 0.6 is 0 Å². The van der Waals surface area contributed by atoms with Gasteiger partial charge in [0.2, 0.25) is 0 Å². The predicted octanol–water partition coefficient (Wildman–Crippen LogP) is 4.91. The van der Waals surface area contributed by atoms with Gasteiger partial charge in [0, 0.05) is 24.5 Å². The largest absolute Gasteiger partial charge is 0.490 e. The van der Waals surface area contributed by atoms with E-state index in [1.807, 2.05) is 36.4 Å². The fourth-order valence-electron chi connectivity index (χ4n) is 4.23. The number of carboxylic acid groups (broad SMARTS) is 1. The van der Waals surface area contributed by atoms with Gasteiger partial charge in [0.05, 0.1) is 24.5 Å². The normalized spacial score (nSPS) is 14.1. The number of amides is 1. The van der Waals surface area contributed by atoms with E-state index >= 15 is 0 Å².